The summed E-state index contributed by atoms with van der Waals surface area (Å²) < 4.78 is 38.0. The van der Waals surface area contributed by atoms with Crippen LogP contribution in [0.1, 0.15) is 24.5 Å². The number of hydrogen-bond donors (Lipinski definition) is 1. The molecule has 0 radical (unpaired) electrons. The number of rotatable bonds is 4. The molecule has 0 bridgehead atoms. The lowest BCUT2D eigenvalue weighted by molar-refractivity contribution is -0.138. The molecule has 0 aliphatic heterocycles. The highest BCUT2D eigenvalue weighted by molar-refractivity contribution is 9.10. The van der Waals surface area contributed by atoms with Gasteiger partial charge in [-0.25, -0.2) is 0 Å². The van der Waals surface area contributed by atoms with E-state index >= 15 is 0 Å². The van der Waals surface area contributed by atoms with Crippen LogP contribution in [0.5, 0.6) is 0 Å². The van der Waals surface area contributed by atoms with Gasteiger partial charge >= 0.3 is 6.18 Å². The number of nitrogens with one attached hydrogen (secondary N) is 1. The number of carbonyl (C=O) groups is 1. The Bertz CT molecular complexity index is 420. The van der Waals surface area contributed by atoms with Crippen molar-refractivity contribution in [2.45, 2.75) is 30.9 Å². The van der Waals surface area contributed by atoms with E-state index in [9.17, 15) is 18.0 Å². The SMILES string of the molecule is CCC(Br)C(=O)NCc1ccccc1C(F)(F)F. The Kier molecular flexibility index (Phi) is 5.19. The van der Waals surface area contributed by atoms with E-state index in [-0.39, 0.29) is 22.8 Å². The fourth-order valence-corrected chi connectivity index (χ4v) is 1.59. The third kappa shape index (κ3) is 4.01. The van der Waals surface area contributed by atoms with Crippen LogP contribution >= 0.6 is 15.9 Å². The summed E-state index contributed by atoms with van der Waals surface area (Å²) in [6, 6.07) is 5.21. The summed E-state index contributed by atoms with van der Waals surface area (Å²) in [5.41, 5.74) is -0.651. The Hall–Kier alpha value is -1.04. The molecule has 0 fully saturated rings. The van der Waals surface area contributed by atoms with Crippen molar-refractivity contribution in [2.75, 3.05) is 0 Å². The van der Waals surface area contributed by atoms with E-state index in [4.69, 9.17) is 0 Å². The molecule has 1 aromatic carbocycles. The van der Waals surface area contributed by atoms with Crippen LogP contribution in [0.15, 0.2) is 24.3 Å². The summed E-state index contributed by atoms with van der Waals surface area (Å²) in [5.74, 6) is -0.311. The molecule has 0 aliphatic rings. The molecule has 0 spiro atoms. The fourth-order valence-electron chi connectivity index (χ4n) is 1.43. The molecule has 18 heavy (non-hydrogen) atoms. The van der Waals surface area contributed by atoms with Crippen LogP contribution in [0.3, 0.4) is 0 Å². The zero-order valence-corrected chi connectivity index (χ0v) is 11.3. The van der Waals surface area contributed by atoms with E-state index < -0.39 is 11.7 Å². The second-order valence-electron chi connectivity index (χ2n) is 3.75. The van der Waals surface area contributed by atoms with Crippen LogP contribution in [0.25, 0.3) is 0 Å². The Morgan fingerprint density at radius 1 is 1.39 bits per heavy atom. The van der Waals surface area contributed by atoms with Gasteiger partial charge in [-0.1, -0.05) is 41.1 Å². The van der Waals surface area contributed by atoms with Gasteiger partial charge in [-0.2, -0.15) is 13.2 Å². The number of hydrogen-bond acceptors (Lipinski definition) is 1. The maximum atomic E-state index is 12.7. The third-order valence-electron chi connectivity index (χ3n) is 2.42. The van der Waals surface area contributed by atoms with Crippen molar-refractivity contribution >= 4 is 21.8 Å². The maximum Gasteiger partial charge on any atom is 0.416 e. The minimum absolute atomic E-state index is 0.0640. The van der Waals surface area contributed by atoms with Crippen molar-refractivity contribution in [3.05, 3.63) is 35.4 Å². The zero-order chi connectivity index (χ0) is 13.8. The number of benzene rings is 1. The molecular weight excluding hydrogens is 311 g/mol. The molecule has 0 aliphatic carbocycles. The van der Waals surface area contributed by atoms with Crippen LogP contribution in [-0.2, 0) is 17.5 Å². The first-order valence-corrected chi connectivity index (χ1v) is 6.34. The van der Waals surface area contributed by atoms with E-state index in [0.717, 1.165) is 6.07 Å². The third-order valence-corrected chi connectivity index (χ3v) is 3.48. The Morgan fingerprint density at radius 2 is 2.00 bits per heavy atom. The molecule has 1 atom stereocenters. The summed E-state index contributed by atoms with van der Waals surface area (Å²) in [6.45, 7) is 1.68. The molecule has 100 valence electrons. The van der Waals surface area contributed by atoms with Gasteiger partial charge in [0, 0.05) is 6.54 Å². The molecule has 1 N–H and O–H groups in total. The topological polar surface area (TPSA) is 29.1 Å². The normalized spacial score (nSPS) is 13.2. The van der Waals surface area contributed by atoms with Gasteiger partial charge < -0.3 is 5.32 Å². The number of alkyl halides is 4. The largest absolute Gasteiger partial charge is 0.416 e. The first-order chi connectivity index (χ1) is 8.36. The Morgan fingerprint density at radius 3 is 2.56 bits per heavy atom. The highest BCUT2D eigenvalue weighted by Crippen LogP contribution is 2.31. The van der Waals surface area contributed by atoms with E-state index in [1.165, 1.54) is 18.2 Å². The number of carbonyl (C=O) groups excluding carboxylic acids is 1. The molecule has 0 aromatic heterocycles. The Labute approximate surface area is 112 Å². The summed E-state index contributed by atoms with van der Waals surface area (Å²) in [5, 5.41) is 2.48. The van der Waals surface area contributed by atoms with Crippen LogP contribution in [0, 0.1) is 0 Å². The molecule has 1 unspecified atom stereocenters. The minimum atomic E-state index is -4.40. The molecule has 6 heteroatoms. The summed E-state index contributed by atoms with van der Waals surface area (Å²) in [6.07, 6.45) is -3.83. The maximum absolute atomic E-state index is 12.7. The lowest BCUT2D eigenvalue weighted by atomic mass is 10.1. The Balaban J connectivity index is 2.77. The fraction of sp³-hybridized carbons (Fsp3) is 0.417. The molecule has 0 saturated carbocycles. The molecule has 0 heterocycles. The lowest BCUT2D eigenvalue weighted by Crippen LogP contribution is -2.30. The smallest absolute Gasteiger partial charge is 0.351 e. The number of halogens is 4. The molecule has 2 nitrogen and oxygen atoms in total. The van der Waals surface area contributed by atoms with Crippen molar-refractivity contribution in [2.24, 2.45) is 0 Å². The summed E-state index contributed by atoms with van der Waals surface area (Å²) in [4.78, 5) is 11.1. The average molecular weight is 324 g/mol. The standard InChI is InChI=1S/C12H13BrF3NO/c1-2-10(13)11(18)17-7-8-5-3-4-6-9(8)12(14,15)16/h3-6,10H,2,7H2,1H3,(H,17,18). The van der Waals surface area contributed by atoms with E-state index in [1.54, 1.807) is 0 Å². The van der Waals surface area contributed by atoms with Gasteiger partial charge in [-0.05, 0) is 18.1 Å². The van der Waals surface area contributed by atoms with Crippen molar-refractivity contribution in [3.8, 4) is 0 Å². The second kappa shape index (κ2) is 6.22. The van der Waals surface area contributed by atoms with E-state index in [0.29, 0.717) is 6.42 Å². The quantitative estimate of drug-likeness (QED) is 0.844. The second-order valence-corrected chi connectivity index (χ2v) is 4.85. The summed E-state index contributed by atoms with van der Waals surface area (Å²) in [7, 11) is 0. The van der Waals surface area contributed by atoms with Crippen LogP contribution < -0.4 is 5.32 Å². The van der Waals surface area contributed by atoms with Gasteiger partial charge in [-0.3, -0.25) is 4.79 Å². The van der Waals surface area contributed by atoms with Crippen LogP contribution in [0.4, 0.5) is 13.2 Å². The van der Waals surface area contributed by atoms with E-state index in [1.807, 2.05) is 6.92 Å². The van der Waals surface area contributed by atoms with Crippen molar-refractivity contribution in [1.82, 2.24) is 5.32 Å². The van der Waals surface area contributed by atoms with Gasteiger partial charge in [-0.15, -0.1) is 0 Å². The zero-order valence-electron chi connectivity index (χ0n) is 9.72. The monoisotopic (exact) mass is 323 g/mol. The molecular formula is C12H13BrF3NO. The summed E-state index contributed by atoms with van der Waals surface area (Å²) >= 11 is 3.14. The molecule has 1 aromatic rings. The predicted molar refractivity (Wildman–Crippen MR) is 66.3 cm³/mol. The minimum Gasteiger partial charge on any atom is -0.351 e. The van der Waals surface area contributed by atoms with Gasteiger partial charge in [0.05, 0.1) is 10.4 Å². The van der Waals surface area contributed by atoms with Crippen LogP contribution in [-0.4, -0.2) is 10.7 Å². The van der Waals surface area contributed by atoms with Gasteiger partial charge in [0.15, 0.2) is 0 Å². The van der Waals surface area contributed by atoms with Gasteiger partial charge in [0.2, 0.25) is 5.91 Å². The highest BCUT2D eigenvalue weighted by Gasteiger charge is 2.32. The molecule has 1 amide bonds. The lowest BCUT2D eigenvalue weighted by Gasteiger charge is -2.14. The van der Waals surface area contributed by atoms with Crippen molar-refractivity contribution in [1.29, 1.82) is 0 Å². The van der Waals surface area contributed by atoms with Gasteiger partial charge in [0.25, 0.3) is 0 Å². The predicted octanol–water partition coefficient (Wildman–Crippen LogP) is 3.50. The molecule has 0 saturated heterocycles. The highest BCUT2D eigenvalue weighted by atomic mass is 79.9. The first kappa shape index (κ1) is 15.0. The number of amides is 1. The first-order valence-electron chi connectivity index (χ1n) is 5.43. The van der Waals surface area contributed by atoms with Crippen molar-refractivity contribution < 1.29 is 18.0 Å². The van der Waals surface area contributed by atoms with Crippen LogP contribution in [0.2, 0.25) is 0 Å². The average Bonchev–Trinajstić information content (AvgIpc) is 2.34. The van der Waals surface area contributed by atoms with Gasteiger partial charge in [0.1, 0.15) is 0 Å². The molecule has 1 rings (SSSR count). The van der Waals surface area contributed by atoms with Crippen molar-refractivity contribution in [3.63, 3.8) is 0 Å². The van der Waals surface area contributed by atoms with E-state index in [2.05, 4.69) is 21.2 Å².